The monoisotopic (exact) mass is 753 g/mol. The third-order valence-corrected chi connectivity index (χ3v) is 9.03. The van der Waals surface area contributed by atoms with E-state index in [2.05, 4.69) is 31.1 Å². The summed E-state index contributed by atoms with van der Waals surface area (Å²) in [5.74, 6) is -2.83. The highest BCUT2D eigenvalue weighted by Crippen LogP contribution is 2.41. The number of halogens is 1. The number of esters is 1. The Morgan fingerprint density at radius 1 is 0.909 bits per heavy atom. The molecule has 1 aromatic heterocycles. The molecule has 0 saturated carbocycles. The number of nitro benzene ring substituents is 1. The molecule has 0 bridgehead atoms. The molecule has 0 radical (unpaired) electrons. The van der Waals surface area contributed by atoms with Crippen molar-refractivity contribution in [1.82, 2.24) is 15.2 Å². The van der Waals surface area contributed by atoms with Crippen LogP contribution in [0.4, 0.5) is 21.5 Å². The van der Waals surface area contributed by atoms with Gasteiger partial charge in [0.25, 0.3) is 17.7 Å². The second kappa shape index (κ2) is 15.9. The Morgan fingerprint density at radius 2 is 1.60 bits per heavy atom. The number of hydrogen-bond donors (Lipinski definition) is 0. The molecule has 1 aliphatic rings. The Hall–Kier alpha value is -6.39. The van der Waals surface area contributed by atoms with E-state index in [1.807, 2.05) is 24.3 Å². The van der Waals surface area contributed by atoms with Crippen LogP contribution in [0.25, 0.3) is 22.2 Å². The zero-order valence-corrected chi connectivity index (χ0v) is 30.3. The van der Waals surface area contributed by atoms with E-state index in [1.54, 1.807) is 24.3 Å². The summed E-state index contributed by atoms with van der Waals surface area (Å²) in [5.41, 5.74) is 2.04. The van der Waals surface area contributed by atoms with Crippen molar-refractivity contribution in [2.45, 2.75) is 32.4 Å². The van der Waals surface area contributed by atoms with Crippen LogP contribution in [-0.4, -0.2) is 83.9 Å². The van der Waals surface area contributed by atoms with Crippen LogP contribution in [0.15, 0.2) is 83.5 Å². The zero-order chi connectivity index (χ0) is 39.4. The molecule has 0 spiro atoms. The standard InChI is InChI=1S/C39H36FN5O10/c1-39(2,3)25-12-9-23(10-13-25)28-21-24(38(49)52-4)11-14-29(28)44(30-15-16-31(45(50)51)35-34(30)41-55-42-35)32(46)22-54-20-19-53-18-17-43-36(47)27-8-6-5-7-26(27)33(40)37(43)48/h5-16,21,33H,17-20,22H2,1-4H3. The number of ether oxygens (including phenoxy) is 3. The highest BCUT2D eigenvalue weighted by molar-refractivity contribution is 6.12. The Bertz CT molecular complexity index is 2290. The van der Waals surface area contributed by atoms with Crippen LogP contribution < -0.4 is 4.90 Å². The van der Waals surface area contributed by atoms with Crippen molar-refractivity contribution in [2.75, 3.05) is 45.0 Å². The average molecular weight is 754 g/mol. The molecule has 284 valence electrons. The van der Waals surface area contributed by atoms with Crippen molar-refractivity contribution in [3.05, 3.63) is 111 Å². The molecule has 15 nitrogen and oxygen atoms in total. The number of hydrogen-bond acceptors (Lipinski definition) is 12. The van der Waals surface area contributed by atoms with Crippen LogP contribution in [0.5, 0.6) is 0 Å². The molecule has 2 heterocycles. The van der Waals surface area contributed by atoms with E-state index in [1.165, 1.54) is 42.3 Å². The van der Waals surface area contributed by atoms with E-state index in [9.17, 15) is 33.7 Å². The quantitative estimate of drug-likeness (QED) is 0.0432. The van der Waals surface area contributed by atoms with Gasteiger partial charge in [-0.25, -0.2) is 13.8 Å². The van der Waals surface area contributed by atoms with Gasteiger partial charge in [-0.15, -0.1) is 0 Å². The molecule has 16 heteroatoms. The highest BCUT2D eigenvalue weighted by atomic mass is 19.1. The minimum atomic E-state index is -1.96. The summed E-state index contributed by atoms with van der Waals surface area (Å²) >= 11 is 0. The average Bonchev–Trinajstić information content (AvgIpc) is 3.68. The summed E-state index contributed by atoms with van der Waals surface area (Å²) in [6, 6.07) is 20.7. The van der Waals surface area contributed by atoms with E-state index in [-0.39, 0.29) is 76.6 Å². The number of carbonyl (C=O) groups excluding carboxylic acids is 4. The third kappa shape index (κ3) is 7.81. The lowest BCUT2D eigenvalue weighted by atomic mass is 9.86. The van der Waals surface area contributed by atoms with Gasteiger partial charge in [-0.3, -0.25) is 34.3 Å². The second-order valence-electron chi connectivity index (χ2n) is 13.5. The molecule has 0 fully saturated rings. The first kappa shape index (κ1) is 38.3. The Morgan fingerprint density at radius 3 is 2.31 bits per heavy atom. The fourth-order valence-electron chi connectivity index (χ4n) is 6.16. The van der Waals surface area contributed by atoms with Crippen molar-refractivity contribution in [3.63, 3.8) is 0 Å². The molecular formula is C39H36FN5O10. The van der Waals surface area contributed by atoms with Gasteiger partial charge in [0.2, 0.25) is 11.7 Å². The Balaban J connectivity index is 1.24. The van der Waals surface area contributed by atoms with E-state index in [0.717, 1.165) is 10.5 Å². The third-order valence-electron chi connectivity index (χ3n) is 9.03. The molecule has 3 amide bonds. The molecule has 0 aliphatic carbocycles. The van der Waals surface area contributed by atoms with Crippen LogP contribution in [0.3, 0.4) is 0 Å². The minimum absolute atomic E-state index is 0.0287. The number of alkyl halides is 1. The summed E-state index contributed by atoms with van der Waals surface area (Å²) in [7, 11) is 1.25. The number of carbonyl (C=O) groups is 4. The van der Waals surface area contributed by atoms with Gasteiger partial charge in [0, 0.05) is 22.8 Å². The van der Waals surface area contributed by atoms with Gasteiger partial charge in [0.15, 0.2) is 5.52 Å². The van der Waals surface area contributed by atoms with Crippen LogP contribution >= 0.6 is 0 Å². The van der Waals surface area contributed by atoms with Gasteiger partial charge >= 0.3 is 11.7 Å². The van der Waals surface area contributed by atoms with Crippen LogP contribution in [0.2, 0.25) is 0 Å². The van der Waals surface area contributed by atoms with Crippen LogP contribution in [0, 0.1) is 10.1 Å². The summed E-state index contributed by atoms with van der Waals surface area (Å²) < 4.78 is 35.8. The lowest BCUT2D eigenvalue weighted by Crippen LogP contribution is -2.45. The van der Waals surface area contributed by atoms with Crippen molar-refractivity contribution >= 4 is 51.8 Å². The lowest BCUT2D eigenvalue weighted by molar-refractivity contribution is -0.383. The molecule has 4 aromatic carbocycles. The first-order valence-corrected chi connectivity index (χ1v) is 17.1. The second-order valence-corrected chi connectivity index (χ2v) is 13.5. The van der Waals surface area contributed by atoms with Crippen molar-refractivity contribution in [3.8, 4) is 11.1 Å². The van der Waals surface area contributed by atoms with Crippen molar-refractivity contribution in [1.29, 1.82) is 0 Å². The van der Waals surface area contributed by atoms with Gasteiger partial charge < -0.3 is 14.2 Å². The number of aromatic nitrogens is 2. The zero-order valence-electron chi connectivity index (χ0n) is 30.3. The first-order chi connectivity index (χ1) is 26.3. The number of amides is 3. The normalized spacial score (nSPS) is 14.2. The number of nitrogens with zero attached hydrogens (tertiary/aromatic N) is 5. The van der Waals surface area contributed by atoms with E-state index < -0.39 is 41.4 Å². The number of anilines is 2. The summed E-state index contributed by atoms with van der Waals surface area (Å²) in [5, 5.41) is 19.4. The number of benzene rings is 4. The topological polar surface area (TPSA) is 185 Å². The van der Waals surface area contributed by atoms with Gasteiger partial charge in [0.1, 0.15) is 6.61 Å². The smallest absolute Gasteiger partial charge is 0.337 e. The van der Waals surface area contributed by atoms with E-state index in [0.29, 0.717) is 11.1 Å². The van der Waals surface area contributed by atoms with E-state index >= 15 is 0 Å². The minimum Gasteiger partial charge on any atom is -0.465 e. The maximum Gasteiger partial charge on any atom is 0.337 e. The molecule has 6 rings (SSSR count). The lowest BCUT2D eigenvalue weighted by Gasteiger charge is -2.28. The molecule has 1 atom stereocenters. The van der Waals surface area contributed by atoms with E-state index in [4.69, 9.17) is 18.8 Å². The maximum atomic E-state index is 14.7. The van der Waals surface area contributed by atoms with Crippen LogP contribution in [-0.2, 0) is 29.2 Å². The molecule has 0 saturated heterocycles. The molecular weight excluding hydrogens is 717 g/mol. The fourth-order valence-corrected chi connectivity index (χ4v) is 6.16. The number of rotatable bonds is 13. The molecule has 1 aliphatic heterocycles. The molecule has 55 heavy (non-hydrogen) atoms. The molecule has 0 N–H and O–H groups in total. The first-order valence-electron chi connectivity index (χ1n) is 17.1. The number of methoxy groups -OCH3 is 1. The Labute approximate surface area is 313 Å². The van der Waals surface area contributed by atoms with Crippen molar-refractivity contribution < 1.29 is 47.3 Å². The predicted octanol–water partition coefficient (Wildman–Crippen LogP) is 6.27. The largest absolute Gasteiger partial charge is 0.465 e. The number of nitro groups is 1. The highest BCUT2D eigenvalue weighted by Gasteiger charge is 2.38. The maximum absolute atomic E-state index is 14.7. The van der Waals surface area contributed by atoms with Crippen LogP contribution in [0.1, 0.15) is 58.8 Å². The summed E-state index contributed by atoms with van der Waals surface area (Å²) in [6.45, 7) is 5.24. The molecule has 1 unspecified atom stereocenters. The van der Waals surface area contributed by atoms with Gasteiger partial charge in [-0.2, -0.15) is 0 Å². The Kier molecular flexibility index (Phi) is 11.1. The fraction of sp³-hybridized carbons (Fsp3) is 0.282. The number of imide groups is 1. The summed E-state index contributed by atoms with van der Waals surface area (Å²) in [6.07, 6.45) is -1.96. The van der Waals surface area contributed by atoms with Gasteiger partial charge in [-0.1, -0.05) is 63.2 Å². The SMILES string of the molecule is COC(=O)c1ccc(N(C(=O)COCCOCCN2C(=O)c3ccccc3C(F)C2=O)c2ccc([N+](=O)[O-])c3nonc23)c(-c2ccc(C(C)(C)C)cc2)c1. The predicted molar refractivity (Wildman–Crippen MR) is 195 cm³/mol. The van der Waals surface area contributed by atoms with Crippen molar-refractivity contribution in [2.24, 2.45) is 0 Å². The number of fused-ring (bicyclic) bond motifs is 2. The molecule has 5 aromatic rings. The summed E-state index contributed by atoms with van der Waals surface area (Å²) in [4.78, 5) is 65.4. The number of non-ortho nitro benzene ring substituents is 1. The van der Waals surface area contributed by atoms with Gasteiger partial charge in [0.05, 0.1) is 55.3 Å². The van der Waals surface area contributed by atoms with Gasteiger partial charge in [-0.05, 0) is 57.2 Å².